The average Bonchev–Trinajstić information content (AvgIpc) is 2.12. The first kappa shape index (κ1) is 14.8. The molecular weight excluding hydrogens is 257 g/mol. The van der Waals surface area contributed by atoms with Crippen LogP contribution in [0.1, 0.15) is 38.1 Å². The van der Waals surface area contributed by atoms with Gasteiger partial charge in [0.05, 0.1) is 0 Å². The van der Waals surface area contributed by atoms with E-state index in [0.717, 1.165) is 12.1 Å². The van der Waals surface area contributed by atoms with Crippen LogP contribution in [-0.2, 0) is 10.0 Å². The van der Waals surface area contributed by atoms with E-state index < -0.39 is 26.3 Å². The Hall–Kier alpha value is -1.27. The molecule has 0 spiro atoms. The van der Waals surface area contributed by atoms with Crippen LogP contribution in [0.25, 0.3) is 0 Å². The molecule has 18 heavy (non-hydrogen) atoms. The first-order valence-corrected chi connectivity index (χ1v) is 6.86. The molecule has 0 saturated carbocycles. The van der Waals surface area contributed by atoms with E-state index in [1.807, 2.05) is 0 Å². The number of carbonyl (C=O) groups is 1. The number of ketones is 1. The Morgan fingerprint density at radius 3 is 2.22 bits per heavy atom. The summed E-state index contributed by atoms with van der Waals surface area (Å²) >= 11 is 0. The summed E-state index contributed by atoms with van der Waals surface area (Å²) in [5, 5.41) is 0. The molecule has 0 aliphatic carbocycles. The monoisotopic (exact) mass is 273 g/mol. The van der Waals surface area contributed by atoms with E-state index >= 15 is 0 Å². The molecule has 0 aromatic heterocycles. The van der Waals surface area contributed by atoms with E-state index in [1.165, 1.54) is 13.0 Å². The molecule has 1 N–H and O–H groups in total. The van der Waals surface area contributed by atoms with E-state index in [2.05, 4.69) is 4.72 Å². The fourth-order valence-electron chi connectivity index (χ4n) is 1.40. The number of sulfonamides is 1. The molecule has 0 fully saturated rings. The van der Waals surface area contributed by atoms with Crippen molar-refractivity contribution in [3.8, 4) is 0 Å². The Morgan fingerprint density at radius 1 is 1.28 bits per heavy atom. The molecule has 0 amide bonds. The molecule has 6 heteroatoms. The van der Waals surface area contributed by atoms with Gasteiger partial charge in [0.15, 0.2) is 5.78 Å². The van der Waals surface area contributed by atoms with Crippen molar-refractivity contribution in [1.82, 2.24) is 4.72 Å². The number of hydrogen-bond donors (Lipinski definition) is 1. The first-order chi connectivity index (χ1) is 8.03. The second-order valence-electron chi connectivity index (χ2n) is 5.06. The number of rotatable bonds is 3. The van der Waals surface area contributed by atoms with Crippen LogP contribution in [0.2, 0.25) is 0 Å². The minimum absolute atomic E-state index is 0.141. The summed E-state index contributed by atoms with van der Waals surface area (Å²) in [6.45, 7) is 6.27. The molecule has 1 aromatic rings. The summed E-state index contributed by atoms with van der Waals surface area (Å²) in [6, 6.07) is 3.32. The molecule has 1 rings (SSSR count). The highest BCUT2D eigenvalue weighted by Crippen LogP contribution is 2.18. The SMILES string of the molecule is CC(=O)c1ccc(S(=O)(=O)NC(C)(C)C)c(F)c1. The van der Waals surface area contributed by atoms with Crippen molar-refractivity contribution in [3.63, 3.8) is 0 Å². The van der Waals surface area contributed by atoms with Gasteiger partial charge in [0, 0.05) is 11.1 Å². The number of Topliss-reactive ketones (excluding diaryl/α,β-unsaturated/α-hetero) is 1. The lowest BCUT2D eigenvalue weighted by atomic mass is 10.1. The van der Waals surface area contributed by atoms with Crippen molar-refractivity contribution < 1.29 is 17.6 Å². The van der Waals surface area contributed by atoms with Crippen LogP contribution in [0, 0.1) is 5.82 Å². The van der Waals surface area contributed by atoms with Gasteiger partial charge < -0.3 is 0 Å². The topological polar surface area (TPSA) is 63.2 Å². The van der Waals surface area contributed by atoms with E-state index in [9.17, 15) is 17.6 Å². The van der Waals surface area contributed by atoms with Crippen molar-refractivity contribution in [2.24, 2.45) is 0 Å². The molecular formula is C12H16FNO3S. The Kier molecular flexibility index (Phi) is 3.92. The van der Waals surface area contributed by atoms with Gasteiger partial charge in [-0.05, 0) is 45.9 Å². The summed E-state index contributed by atoms with van der Waals surface area (Å²) in [5.41, 5.74) is -0.563. The van der Waals surface area contributed by atoms with Crippen molar-refractivity contribution in [1.29, 1.82) is 0 Å². The maximum Gasteiger partial charge on any atom is 0.243 e. The molecule has 0 radical (unpaired) electrons. The predicted molar refractivity (Wildman–Crippen MR) is 66.5 cm³/mol. The fraction of sp³-hybridized carbons (Fsp3) is 0.417. The zero-order chi connectivity index (χ0) is 14.1. The highest BCUT2D eigenvalue weighted by atomic mass is 32.2. The maximum atomic E-state index is 13.7. The van der Waals surface area contributed by atoms with E-state index in [4.69, 9.17) is 0 Å². The number of carbonyl (C=O) groups excluding carboxylic acids is 1. The van der Waals surface area contributed by atoms with Gasteiger partial charge in [-0.15, -0.1) is 0 Å². The summed E-state index contributed by atoms with van der Waals surface area (Å²) in [4.78, 5) is 10.6. The summed E-state index contributed by atoms with van der Waals surface area (Å²) in [5.74, 6) is -1.25. The molecule has 1 aromatic carbocycles. The van der Waals surface area contributed by atoms with Crippen molar-refractivity contribution in [3.05, 3.63) is 29.6 Å². The number of benzene rings is 1. The third-order valence-electron chi connectivity index (χ3n) is 2.07. The summed E-state index contributed by atoms with van der Waals surface area (Å²) < 4.78 is 39.9. The molecule has 0 heterocycles. The van der Waals surface area contributed by atoms with Gasteiger partial charge in [-0.2, -0.15) is 0 Å². The van der Waals surface area contributed by atoms with E-state index in [0.29, 0.717) is 0 Å². The van der Waals surface area contributed by atoms with Crippen LogP contribution in [0.4, 0.5) is 4.39 Å². The van der Waals surface area contributed by atoms with Crippen LogP contribution < -0.4 is 4.72 Å². The Morgan fingerprint density at radius 2 is 1.83 bits per heavy atom. The average molecular weight is 273 g/mol. The first-order valence-electron chi connectivity index (χ1n) is 5.37. The van der Waals surface area contributed by atoms with Crippen LogP contribution in [0.3, 0.4) is 0 Å². The van der Waals surface area contributed by atoms with E-state index in [1.54, 1.807) is 20.8 Å². The molecule has 100 valence electrons. The van der Waals surface area contributed by atoms with Crippen molar-refractivity contribution in [2.45, 2.75) is 38.1 Å². The molecule has 0 unspecified atom stereocenters. The Labute approximate surface area is 106 Å². The van der Waals surface area contributed by atoms with Gasteiger partial charge >= 0.3 is 0 Å². The molecule has 0 saturated heterocycles. The fourth-order valence-corrected chi connectivity index (χ4v) is 2.87. The molecule has 0 aliphatic rings. The van der Waals surface area contributed by atoms with Crippen LogP contribution in [0.15, 0.2) is 23.1 Å². The lowest BCUT2D eigenvalue weighted by molar-refractivity contribution is 0.101. The van der Waals surface area contributed by atoms with E-state index in [-0.39, 0.29) is 11.3 Å². The van der Waals surface area contributed by atoms with Gasteiger partial charge in [-0.1, -0.05) is 0 Å². The quantitative estimate of drug-likeness (QED) is 0.858. The van der Waals surface area contributed by atoms with Crippen molar-refractivity contribution >= 4 is 15.8 Å². The largest absolute Gasteiger partial charge is 0.295 e. The third kappa shape index (κ3) is 3.61. The Balaban J connectivity index is 3.23. The third-order valence-corrected chi connectivity index (χ3v) is 3.86. The van der Waals surface area contributed by atoms with Gasteiger partial charge in [-0.25, -0.2) is 17.5 Å². The molecule has 0 aliphatic heterocycles. The lowest BCUT2D eigenvalue weighted by Gasteiger charge is -2.20. The zero-order valence-electron chi connectivity index (χ0n) is 10.7. The summed E-state index contributed by atoms with van der Waals surface area (Å²) in [7, 11) is -3.93. The summed E-state index contributed by atoms with van der Waals surface area (Å²) in [6.07, 6.45) is 0. The highest BCUT2D eigenvalue weighted by Gasteiger charge is 2.25. The molecule has 0 atom stereocenters. The van der Waals surface area contributed by atoms with Crippen LogP contribution in [-0.4, -0.2) is 19.7 Å². The normalized spacial score (nSPS) is 12.5. The standard InChI is InChI=1S/C12H16FNO3S/c1-8(15)9-5-6-11(10(13)7-9)18(16,17)14-12(2,3)4/h5-7,14H,1-4H3. The minimum Gasteiger partial charge on any atom is -0.295 e. The lowest BCUT2D eigenvalue weighted by Crippen LogP contribution is -2.40. The molecule has 0 bridgehead atoms. The van der Waals surface area contributed by atoms with Gasteiger partial charge in [0.2, 0.25) is 10.0 Å². The van der Waals surface area contributed by atoms with Gasteiger partial charge in [0.1, 0.15) is 10.7 Å². The second-order valence-corrected chi connectivity index (χ2v) is 6.71. The Bertz CT molecular complexity index is 573. The van der Waals surface area contributed by atoms with Gasteiger partial charge in [-0.3, -0.25) is 4.79 Å². The molecule has 4 nitrogen and oxygen atoms in total. The second kappa shape index (κ2) is 4.78. The van der Waals surface area contributed by atoms with Crippen LogP contribution in [0.5, 0.6) is 0 Å². The smallest absolute Gasteiger partial charge is 0.243 e. The number of hydrogen-bond acceptors (Lipinski definition) is 3. The maximum absolute atomic E-state index is 13.7. The minimum atomic E-state index is -3.93. The number of nitrogens with one attached hydrogen (secondary N) is 1. The zero-order valence-corrected chi connectivity index (χ0v) is 11.6. The highest BCUT2D eigenvalue weighted by molar-refractivity contribution is 7.89. The number of halogens is 1. The van der Waals surface area contributed by atoms with Crippen LogP contribution >= 0.6 is 0 Å². The van der Waals surface area contributed by atoms with Crippen molar-refractivity contribution in [2.75, 3.05) is 0 Å². The van der Waals surface area contributed by atoms with Gasteiger partial charge in [0.25, 0.3) is 0 Å². The predicted octanol–water partition coefficient (Wildman–Crippen LogP) is 2.11.